The van der Waals surface area contributed by atoms with Crippen molar-refractivity contribution in [1.29, 1.82) is 0 Å². The lowest BCUT2D eigenvalue weighted by molar-refractivity contribution is 0.305. The van der Waals surface area contributed by atoms with E-state index in [0.29, 0.717) is 6.54 Å². The molecule has 1 heterocycles. The zero-order valence-electron chi connectivity index (χ0n) is 9.39. The van der Waals surface area contributed by atoms with Crippen molar-refractivity contribution in [3.05, 3.63) is 34.3 Å². The fourth-order valence-electron chi connectivity index (χ4n) is 1.58. The number of rotatable bonds is 4. The lowest BCUT2D eigenvalue weighted by atomic mass is 10.2. The SMILES string of the molecule is O=S(=O)(OCC(Cl)(Cl)Cl)N1C[C@@H]1c1ccccc1Br. The average molecular weight is 410 g/mol. The standard InChI is InChI=1S/C10H9BrCl3NO3S/c11-8-4-2-1-3-7(8)9-5-15(9)19(16,17)18-6-10(12,13)14/h1-4,9H,5-6H2/t9-,15?/m1/s1. The Morgan fingerprint density at radius 2 is 2.00 bits per heavy atom. The van der Waals surface area contributed by atoms with Gasteiger partial charge >= 0.3 is 10.3 Å². The lowest BCUT2D eigenvalue weighted by Crippen LogP contribution is -2.22. The number of nitrogens with zero attached hydrogens (tertiary/aromatic N) is 1. The van der Waals surface area contributed by atoms with Crippen LogP contribution >= 0.6 is 50.7 Å². The van der Waals surface area contributed by atoms with Crippen molar-refractivity contribution in [3.63, 3.8) is 0 Å². The molecule has 19 heavy (non-hydrogen) atoms. The fourth-order valence-corrected chi connectivity index (χ4v) is 3.70. The second-order valence-corrected chi connectivity index (χ2v) is 8.87. The van der Waals surface area contributed by atoms with E-state index in [1.54, 1.807) is 0 Å². The minimum atomic E-state index is -3.88. The third-order valence-corrected chi connectivity index (χ3v) is 4.93. The molecule has 1 aromatic rings. The van der Waals surface area contributed by atoms with Gasteiger partial charge in [0, 0.05) is 11.0 Å². The van der Waals surface area contributed by atoms with Crippen LogP contribution in [-0.2, 0) is 14.5 Å². The predicted octanol–water partition coefficient (Wildman–Crippen LogP) is 3.44. The molecule has 106 valence electrons. The van der Waals surface area contributed by atoms with Crippen LogP contribution in [0.1, 0.15) is 11.6 Å². The Hall–Kier alpha value is 0.440. The summed E-state index contributed by atoms with van der Waals surface area (Å²) >= 11 is 19.8. The third-order valence-electron chi connectivity index (χ3n) is 2.49. The van der Waals surface area contributed by atoms with Crippen molar-refractivity contribution in [3.8, 4) is 0 Å². The van der Waals surface area contributed by atoms with E-state index >= 15 is 0 Å². The van der Waals surface area contributed by atoms with Crippen LogP contribution in [0.3, 0.4) is 0 Å². The maximum atomic E-state index is 11.8. The summed E-state index contributed by atoms with van der Waals surface area (Å²) in [6.07, 6.45) is 0. The minimum Gasteiger partial charge on any atom is -0.253 e. The first kappa shape index (κ1) is 15.8. The molecular weight excluding hydrogens is 400 g/mol. The molecule has 1 aliphatic heterocycles. The molecule has 9 heteroatoms. The van der Waals surface area contributed by atoms with Gasteiger partial charge in [0.15, 0.2) is 0 Å². The lowest BCUT2D eigenvalue weighted by Gasteiger charge is -2.12. The fraction of sp³-hybridized carbons (Fsp3) is 0.400. The Kier molecular flexibility index (Phi) is 4.72. The summed E-state index contributed by atoms with van der Waals surface area (Å²) < 4.78 is 28.7. The Balaban J connectivity index is 2.04. The van der Waals surface area contributed by atoms with Crippen molar-refractivity contribution in [2.45, 2.75) is 9.83 Å². The van der Waals surface area contributed by atoms with Gasteiger partial charge in [0.2, 0.25) is 3.79 Å². The van der Waals surface area contributed by atoms with Crippen molar-refractivity contribution >= 4 is 61.0 Å². The Morgan fingerprint density at radius 3 is 2.58 bits per heavy atom. The quantitative estimate of drug-likeness (QED) is 0.565. The minimum absolute atomic E-state index is 0.240. The average Bonchev–Trinajstić information content (AvgIpc) is 3.07. The molecule has 1 aromatic carbocycles. The summed E-state index contributed by atoms with van der Waals surface area (Å²) in [5.74, 6) is 0. The molecule has 1 fully saturated rings. The number of benzene rings is 1. The van der Waals surface area contributed by atoms with E-state index in [4.69, 9.17) is 39.0 Å². The largest absolute Gasteiger partial charge is 0.339 e. The maximum Gasteiger partial charge on any atom is 0.339 e. The normalized spacial score (nSPS) is 23.4. The zero-order valence-corrected chi connectivity index (χ0v) is 14.1. The highest BCUT2D eigenvalue weighted by Crippen LogP contribution is 2.41. The highest BCUT2D eigenvalue weighted by Gasteiger charge is 2.47. The van der Waals surface area contributed by atoms with E-state index in [9.17, 15) is 8.42 Å². The van der Waals surface area contributed by atoms with Crippen LogP contribution in [0, 0.1) is 0 Å². The zero-order chi connectivity index (χ0) is 14.3. The van der Waals surface area contributed by atoms with Crippen LogP contribution in [0.15, 0.2) is 28.7 Å². The first-order valence-corrected chi connectivity index (χ1v) is 8.47. The van der Waals surface area contributed by atoms with E-state index in [1.807, 2.05) is 24.3 Å². The molecule has 0 radical (unpaired) electrons. The first-order valence-electron chi connectivity index (χ1n) is 5.18. The van der Waals surface area contributed by atoms with E-state index in [2.05, 4.69) is 15.9 Å². The van der Waals surface area contributed by atoms with Crippen molar-refractivity contribution < 1.29 is 12.6 Å². The van der Waals surface area contributed by atoms with Crippen LogP contribution in [0.25, 0.3) is 0 Å². The smallest absolute Gasteiger partial charge is 0.253 e. The van der Waals surface area contributed by atoms with Crippen LogP contribution in [0.5, 0.6) is 0 Å². The van der Waals surface area contributed by atoms with Crippen LogP contribution in [0.4, 0.5) is 0 Å². The number of hydrogen-bond acceptors (Lipinski definition) is 3. The molecule has 2 rings (SSSR count). The number of alkyl halides is 3. The molecule has 1 saturated heterocycles. The van der Waals surface area contributed by atoms with E-state index < -0.39 is 20.7 Å². The highest BCUT2D eigenvalue weighted by atomic mass is 79.9. The summed E-state index contributed by atoms with van der Waals surface area (Å²) in [7, 11) is -3.88. The van der Waals surface area contributed by atoms with Gasteiger partial charge < -0.3 is 0 Å². The van der Waals surface area contributed by atoms with Gasteiger partial charge in [0.1, 0.15) is 6.61 Å². The molecule has 4 nitrogen and oxygen atoms in total. The Labute approximate surface area is 135 Å². The van der Waals surface area contributed by atoms with Gasteiger partial charge in [-0.2, -0.15) is 12.7 Å². The van der Waals surface area contributed by atoms with Crippen LogP contribution in [-0.4, -0.2) is 29.7 Å². The maximum absolute atomic E-state index is 11.8. The molecule has 1 aliphatic rings. The van der Waals surface area contributed by atoms with Crippen molar-refractivity contribution in [2.24, 2.45) is 0 Å². The monoisotopic (exact) mass is 407 g/mol. The van der Waals surface area contributed by atoms with Crippen molar-refractivity contribution in [1.82, 2.24) is 4.31 Å². The van der Waals surface area contributed by atoms with E-state index in [1.165, 1.54) is 4.31 Å². The van der Waals surface area contributed by atoms with Gasteiger partial charge in [-0.1, -0.05) is 68.9 Å². The summed E-state index contributed by atoms with van der Waals surface area (Å²) in [6, 6.07) is 7.15. The third kappa shape index (κ3) is 4.20. The molecule has 0 aliphatic carbocycles. The van der Waals surface area contributed by atoms with Gasteiger partial charge in [-0.15, -0.1) is 0 Å². The summed E-state index contributed by atoms with van der Waals surface area (Å²) in [4.78, 5) is 0. The number of hydrogen-bond donors (Lipinski definition) is 0. The van der Waals surface area contributed by atoms with Gasteiger partial charge in [-0.3, -0.25) is 4.18 Å². The molecular formula is C10H9BrCl3NO3S. The van der Waals surface area contributed by atoms with Gasteiger partial charge in [0.25, 0.3) is 0 Å². The highest BCUT2D eigenvalue weighted by molar-refractivity contribution is 9.10. The molecule has 0 saturated carbocycles. The van der Waals surface area contributed by atoms with Gasteiger partial charge in [0.05, 0.1) is 6.04 Å². The van der Waals surface area contributed by atoms with E-state index in [0.717, 1.165) is 10.0 Å². The van der Waals surface area contributed by atoms with E-state index in [-0.39, 0.29) is 6.04 Å². The molecule has 0 bridgehead atoms. The first-order chi connectivity index (χ1) is 8.71. The van der Waals surface area contributed by atoms with Crippen LogP contribution < -0.4 is 0 Å². The molecule has 0 spiro atoms. The summed E-state index contributed by atoms with van der Waals surface area (Å²) in [5, 5.41) is 0. The number of halogens is 4. The Bertz CT molecular complexity index is 576. The van der Waals surface area contributed by atoms with Gasteiger partial charge in [-0.25, -0.2) is 0 Å². The van der Waals surface area contributed by atoms with Crippen molar-refractivity contribution in [2.75, 3.05) is 13.2 Å². The Morgan fingerprint density at radius 1 is 1.37 bits per heavy atom. The summed E-state index contributed by atoms with van der Waals surface area (Å²) in [5.41, 5.74) is 0.878. The van der Waals surface area contributed by atoms with Crippen LogP contribution in [0.2, 0.25) is 0 Å². The molecule has 0 aromatic heterocycles. The molecule has 0 N–H and O–H groups in total. The summed E-state index contributed by atoms with van der Waals surface area (Å²) in [6.45, 7) is -0.163. The second kappa shape index (κ2) is 5.67. The molecule has 1 unspecified atom stereocenters. The molecule has 0 amide bonds. The van der Waals surface area contributed by atoms with Gasteiger partial charge in [-0.05, 0) is 11.6 Å². The second-order valence-electron chi connectivity index (χ2n) is 3.94. The molecule has 2 atom stereocenters. The predicted molar refractivity (Wildman–Crippen MR) is 78.8 cm³/mol. The topological polar surface area (TPSA) is 46.4 Å².